The zero-order chi connectivity index (χ0) is 25.7. The van der Waals surface area contributed by atoms with Crippen molar-refractivity contribution < 1.29 is 22.4 Å². The fourth-order valence-electron chi connectivity index (χ4n) is 4.00. The summed E-state index contributed by atoms with van der Waals surface area (Å²) in [5, 5.41) is 13.8. The van der Waals surface area contributed by atoms with Gasteiger partial charge in [-0.3, -0.25) is 14.7 Å². The molecule has 4 rings (SSSR count). The molecule has 1 fully saturated rings. The Bertz CT molecular complexity index is 1180. The van der Waals surface area contributed by atoms with Crippen LogP contribution in [-0.2, 0) is 17.8 Å². The lowest BCUT2D eigenvalue weighted by Crippen LogP contribution is -2.43. The molecule has 0 bridgehead atoms. The summed E-state index contributed by atoms with van der Waals surface area (Å²) in [5.41, 5.74) is 4.22. The Kier molecular flexibility index (Phi) is 7.83. The third kappa shape index (κ3) is 6.57. The Morgan fingerprint density at radius 3 is 2.78 bits per heavy atom. The quantitative estimate of drug-likeness (QED) is 0.250. The summed E-state index contributed by atoms with van der Waals surface area (Å²) < 4.78 is 52.1. The highest BCUT2D eigenvalue weighted by molar-refractivity contribution is 6.10. The van der Waals surface area contributed by atoms with Crippen LogP contribution in [0.25, 0.3) is 11.6 Å². The molecule has 1 amide bonds. The van der Waals surface area contributed by atoms with Gasteiger partial charge >= 0.3 is 12.3 Å². The molecule has 1 aromatic carbocycles. The fraction of sp³-hybridized carbons (Fsp3) is 0.346. The number of nitrogens with zero attached hydrogens (tertiary/aromatic N) is 2. The molecule has 2 aliphatic rings. The van der Waals surface area contributed by atoms with Crippen LogP contribution in [-0.4, -0.2) is 53.5 Å². The first-order valence-corrected chi connectivity index (χ1v) is 11.7. The van der Waals surface area contributed by atoms with Gasteiger partial charge < -0.3 is 16.0 Å². The molecule has 0 unspecified atom stereocenters. The number of nitrogens with one attached hydrogen (secondary N) is 3. The van der Waals surface area contributed by atoms with Gasteiger partial charge in [0.05, 0.1) is 6.54 Å². The van der Waals surface area contributed by atoms with Gasteiger partial charge in [0.1, 0.15) is 0 Å². The lowest BCUT2D eigenvalue weighted by Gasteiger charge is -2.31. The maximum Gasteiger partial charge on any atom is 0.319 e. The number of benzene rings is 1. The Morgan fingerprint density at radius 1 is 1.25 bits per heavy atom. The lowest BCUT2D eigenvalue weighted by atomic mass is 9.98. The van der Waals surface area contributed by atoms with Crippen LogP contribution in [0.1, 0.15) is 35.1 Å². The number of halogens is 4. The predicted octanol–water partition coefficient (Wildman–Crippen LogP) is 4.73. The number of fused-ring (bicyclic) bond motifs is 1. The van der Waals surface area contributed by atoms with Gasteiger partial charge in [0.15, 0.2) is 0 Å². The van der Waals surface area contributed by atoms with E-state index in [4.69, 9.17) is 5.41 Å². The van der Waals surface area contributed by atoms with Gasteiger partial charge in [-0.1, -0.05) is 6.07 Å². The summed E-state index contributed by atoms with van der Waals surface area (Å²) in [6.07, 6.45) is 8.19. The van der Waals surface area contributed by atoms with Crippen LogP contribution in [0.5, 0.6) is 0 Å². The number of hydrogen-bond donors (Lipinski definition) is 3. The smallest absolute Gasteiger partial charge is 0.319 e. The average Bonchev–Trinajstić information content (AvgIpc) is 3.68. The van der Waals surface area contributed by atoms with Crippen molar-refractivity contribution in [3.05, 3.63) is 71.2 Å². The number of pyridine rings is 1. The second-order valence-corrected chi connectivity index (χ2v) is 8.98. The van der Waals surface area contributed by atoms with E-state index in [-0.39, 0.29) is 13.1 Å². The zero-order valence-electron chi connectivity index (χ0n) is 19.5. The Balaban J connectivity index is 1.42. The molecule has 1 aliphatic carbocycles. The van der Waals surface area contributed by atoms with E-state index in [0.29, 0.717) is 34.9 Å². The molecular formula is C26H27F4N5O. The van der Waals surface area contributed by atoms with Crippen molar-refractivity contribution in [3.8, 4) is 0 Å². The number of amides is 1. The maximum atomic E-state index is 13.5. The molecule has 0 spiro atoms. The molecule has 10 heteroatoms. The third-order valence-electron chi connectivity index (χ3n) is 6.10. The van der Waals surface area contributed by atoms with Crippen molar-refractivity contribution in [2.24, 2.45) is 0 Å². The van der Waals surface area contributed by atoms with Gasteiger partial charge in [0, 0.05) is 66.8 Å². The summed E-state index contributed by atoms with van der Waals surface area (Å²) in [5.74, 6) is -4.47. The van der Waals surface area contributed by atoms with E-state index in [0.717, 1.165) is 24.0 Å². The molecule has 190 valence electrons. The van der Waals surface area contributed by atoms with E-state index in [1.165, 1.54) is 17.2 Å². The number of allylic oxidation sites excluding steroid dienone is 1. The lowest BCUT2D eigenvalue weighted by molar-refractivity contribution is -0.143. The molecule has 0 atom stereocenters. The Labute approximate surface area is 206 Å². The summed E-state index contributed by atoms with van der Waals surface area (Å²) in [7, 11) is 0. The molecule has 1 saturated carbocycles. The second-order valence-electron chi connectivity index (χ2n) is 8.98. The van der Waals surface area contributed by atoms with E-state index in [1.807, 2.05) is 6.07 Å². The second kappa shape index (κ2) is 11.0. The minimum atomic E-state index is -4.07. The highest BCUT2D eigenvalue weighted by Crippen LogP contribution is 2.28. The Hall–Kier alpha value is -3.53. The molecule has 3 N–H and O–H groups in total. The topological polar surface area (TPSA) is 81.1 Å². The van der Waals surface area contributed by atoms with Crippen molar-refractivity contribution >= 4 is 29.5 Å². The molecule has 0 saturated heterocycles. The summed E-state index contributed by atoms with van der Waals surface area (Å²) >= 11 is 0. The average molecular weight is 502 g/mol. The highest BCUT2D eigenvalue weighted by Gasteiger charge is 2.42. The van der Waals surface area contributed by atoms with Crippen molar-refractivity contribution in [3.63, 3.8) is 0 Å². The first-order valence-electron chi connectivity index (χ1n) is 11.7. The van der Waals surface area contributed by atoms with Crippen LogP contribution >= 0.6 is 0 Å². The van der Waals surface area contributed by atoms with Crippen LogP contribution in [0.15, 0.2) is 48.9 Å². The molecule has 1 aliphatic heterocycles. The number of anilines is 1. The van der Waals surface area contributed by atoms with Crippen molar-refractivity contribution in [2.75, 3.05) is 18.4 Å². The van der Waals surface area contributed by atoms with Crippen LogP contribution in [0.3, 0.4) is 0 Å². The van der Waals surface area contributed by atoms with Gasteiger partial charge in [-0.2, -0.15) is 8.78 Å². The van der Waals surface area contributed by atoms with E-state index >= 15 is 0 Å². The van der Waals surface area contributed by atoms with Crippen LogP contribution in [0.2, 0.25) is 0 Å². The van der Waals surface area contributed by atoms with Crippen LogP contribution in [0.4, 0.5) is 23.2 Å². The normalized spacial score (nSPS) is 16.8. The van der Waals surface area contributed by atoms with E-state index in [9.17, 15) is 22.4 Å². The number of alkyl halides is 4. The highest BCUT2D eigenvalue weighted by atomic mass is 19.3. The molecule has 6 nitrogen and oxygen atoms in total. The number of aromatic nitrogens is 1. The number of hydrogen-bond acceptors (Lipinski definition) is 5. The van der Waals surface area contributed by atoms with Gasteiger partial charge in [-0.05, 0) is 60.2 Å². The number of rotatable bonds is 10. The molecule has 2 aromatic rings. The maximum absolute atomic E-state index is 13.5. The van der Waals surface area contributed by atoms with Gasteiger partial charge in [-0.15, -0.1) is 0 Å². The van der Waals surface area contributed by atoms with E-state index in [2.05, 4.69) is 15.6 Å². The predicted molar refractivity (Wildman–Crippen MR) is 131 cm³/mol. The minimum absolute atomic E-state index is 0.101. The summed E-state index contributed by atoms with van der Waals surface area (Å²) in [6, 6.07) is 7.43. The molecule has 1 aromatic heterocycles. The van der Waals surface area contributed by atoms with Crippen molar-refractivity contribution in [2.45, 2.75) is 44.2 Å². The summed E-state index contributed by atoms with van der Waals surface area (Å²) in [6.45, 7) is -0.650. The van der Waals surface area contributed by atoms with Gasteiger partial charge in [0.2, 0.25) is 5.91 Å². The zero-order valence-corrected chi connectivity index (χ0v) is 19.5. The molecule has 2 heterocycles. The first kappa shape index (κ1) is 25.6. The standard InChI is InChI=1S/C26H27F4N5O/c27-25(28)26(29,30)16-35-10-8-17-1-3-22(11-19(17)15-35)34-24(36)6-2-18-13-32-9-7-23(18)20(12-31)14-33-21-4-5-21/h1-3,6-7,9,11-14,21,25,31,33H,4-5,8,10,15-16H2,(H,34,36)/b6-2+,20-14+,31-12?. The van der Waals surface area contributed by atoms with E-state index in [1.54, 1.807) is 42.9 Å². The Morgan fingerprint density at radius 2 is 2.06 bits per heavy atom. The fourth-order valence-corrected chi connectivity index (χ4v) is 4.00. The largest absolute Gasteiger partial charge is 0.388 e. The number of carbonyl (C=O) groups excluding carboxylic acids is 1. The summed E-state index contributed by atoms with van der Waals surface area (Å²) in [4.78, 5) is 18.0. The van der Waals surface area contributed by atoms with Crippen molar-refractivity contribution in [1.82, 2.24) is 15.2 Å². The molecule has 0 radical (unpaired) electrons. The molecule has 36 heavy (non-hydrogen) atoms. The van der Waals surface area contributed by atoms with Crippen LogP contribution in [0, 0.1) is 5.41 Å². The van der Waals surface area contributed by atoms with Crippen LogP contribution < -0.4 is 10.6 Å². The monoisotopic (exact) mass is 501 g/mol. The minimum Gasteiger partial charge on any atom is -0.388 e. The first-order chi connectivity index (χ1) is 17.2. The molecular weight excluding hydrogens is 474 g/mol. The van der Waals surface area contributed by atoms with Gasteiger partial charge in [0.25, 0.3) is 0 Å². The van der Waals surface area contributed by atoms with E-state index < -0.39 is 24.8 Å². The number of carbonyl (C=O) groups is 1. The SMILES string of the molecule is N=C/C(=C\NC1CC1)c1ccncc1/C=C/C(=O)Nc1ccc2c(c1)CN(CC(F)(F)C(F)F)CC2. The third-order valence-corrected chi connectivity index (χ3v) is 6.10. The van der Waals surface area contributed by atoms with Crippen molar-refractivity contribution in [1.29, 1.82) is 5.41 Å². The van der Waals surface area contributed by atoms with Gasteiger partial charge in [-0.25, -0.2) is 8.78 Å².